The van der Waals surface area contributed by atoms with Gasteiger partial charge in [0.25, 0.3) is 0 Å². The zero-order valence-corrected chi connectivity index (χ0v) is 13.6. The number of halogens is 1. The lowest BCUT2D eigenvalue weighted by atomic mass is 9.97. The first-order valence-electron chi connectivity index (χ1n) is 8.47. The third-order valence-electron chi connectivity index (χ3n) is 5.04. The zero-order valence-electron chi connectivity index (χ0n) is 13.6. The van der Waals surface area contributed by atoms with Crippen molar-refractivity contribution in [3.63, 3.8) is 0 Å². The van der Waals surface area contributed by atoms with Crippen molar-refractivity contribution in [3.05, 3.63) is 47.4 Å². The van der Waals surface area contributed by atoms with E-state index in [-0.39, 0.29) is 29.5 Å². The first-order valence-corrected chi connectivity index (χ1v) is 8.47. The number of rotatable bonds is 3. The molecule has 1 saturated carbocycles. The molecule has 24 heavy (non-hydrogen) atoms. The summed E-state index contributed by atoms with van der Waals surface area (Å²) >= 11 is 0. The first-order chi connectivity index (χ1) is 11.6. The Bertz CT molecular complexity index is 760. The highest BCUT2D eigenvalue weighted by atomic mass is 19.1. The molecule has 0 N–H and O–H groups in total. The van der Waals surface area contributed by atoms with E-state index >= 15 is 0 Å². The van der Waals surface area contributed by atoms with Crippen molar-refractivity contribution in [2.45, 2.75) is 38.0 Å². The summed E-state index contributed by atoms with van der Waals surface area (Å²) < 4.78 is 19.2. The van der Waals surface area contributed by atoms with E-state index in [1.807, 2.05) is 11.0 Å². The molecule has 0 radical (unpaired) electrons. The van der Waals surface area contributed by atoms with Crippen LogP contribution in [0.3, 0.4) is 0 Å². The average molecular weight is 329 g/mol. The molecule has 1 aromatic heterocycles. The summed E-state index contributed by atoms with van der Waals surface area (Å²) in [6.07, 6.45) is 2.61. The second-order valence-electron chi connectivity index (χ2n) is 6.77. The van der Waals surface area contributed by atoms with Crippen LogP contribution in [0.2, 0.25) is 0 Å². The summed E-state index contributed by atoms with van der Waals surface area (Å²) in [5.74, 6) is 1.19. The monoisotopic (exact) mass is 329 g/mol. The molecular formula is C18H20FN3O2. The molecule has 2 aliphatic rings. The Morgan fingerprint density at radius 1 is 1.38 bits per heavy atom. The molecule has 126 valence electrons. The Morgan fingerprint density at radius 3 is 2.96 bits per heavy atom. The molecule has 1 aliphatic heterocycles. The summed E-state index contributed by atoms with van der Waals surface area (Å²) in [6, 6.07) is 6.75. The molecule has 0 spiro atoms. The molecule has 1 aliphatic carbocycles. The van der Waals surface area contributed by atoms with Gasteiger partial charge >= 0.3 is 0 Å². The Kier molecular flexibility index (Phi) is 3.82. The lowest BCUT2D eigenvalue weighted by molar-refractivity contribution is -0.134. The van der Waals surface area contributed by atoms with Gasteiger partial charge in [0.05, 0.1) is 5.92 Å². The first kappa shape index (κ1) is 15.3. The number of piperidine rings is 1. The molecular weight excluding hydrogens is 309 g/mol. The van der Waals surface area contributed by atoms with Crippen molar-refractivity contribution in [1.82, 2.24) is 15.0 Å². The highest BCUT2D eigenvalue weighted by Crippen LogP contribution is 2.49. The quantitative estimate of drug-likeness (QED) is 0.868. The molecule has 1 saturated heterocycles. The molecule has 0 bridgehead atoms. The van der Waals surface area contributed by atoms with Crippen LogP contribution >= 0.6 is 0 Å². The van der Waals surface area contributed by atoms with Crippen LogP contribution in [0.25, 0.3) is 0 Å². The largest absolute Gasteiger partial charge is 0.342 e. The number of likely N-dealkylation sites (tertiary alicyclic amines) is 1. The Labute approximate surface area is 139 Å². The highest BCUT2D eigenvalue weighted by Gasteiger charge is 2.47. The standard InChI is InChI=1S/C18H20FN3O2/c1-11-20-17(24-21-11)12-5-4-8-22(10-12)18(23)15-9-14(15)13-6-2-3-7-16(13)19/h2-3,6-7,12,14-15H,4-5,8-10H2,1H3/t12-,14+,15-/m1/s1. The van der Waals surface area contributed by atoms with Crippen LogP contribution in [-0.2, 0) is 4.79 Å². The number of nitrogens with zero attached hydrogens (tertiary/aromatic N) is 3. The minimum Gasteiger partial charge on any atom is -0.342 e. The van der Waals surface area contributed by atoms with Crippen molar-refractivity contribution in [2.24, 2.45) is 5.92 Å². The summed E-state index contributed by atoms with van der Waals surface area (Å²) in [5, 5.41) is 3.84. The van der Waals surface area contributed by atoms with Crippen molar-refractivity contribution >= 4 is 5.91 Å². The fraction of sp³-hybridized carbons (Fsp3) is 0.500. The van der Waals surface area contributed by atoms with E-state index in [1.54, 1.807) is 19.1 Å². The third kappa shape index (κ3) is 2.81. The lowest BCUT2D eigenvalue weighted by Crippen LogP contribution is -2.40. The number of carbonyl (C=O) groups excluding carboxylic acids is 1. The summed E-state index contributed by atoms with van der Waals surface area (Å²) in [7, 11) is 0. The minimum absolute atomic E-state index is 0.0183. The van der Waals surface area contributed by atoms with Gasteiger partial charge in [-0.2, -0.15) is 4.98 Å². The molecule has 1 amide bonds. The predicted octanol–water partition coefficient (Wildman–Crippen LogP) is 3.03. The number of aromatic nitrogens is 2. The maximum atomic E-state index is 13.9. The van der Waals surface area contributed by atoms with E-state index in [1.165, 1.54) is 6.07 Å². The van der Waals surface area contributed by atoms with Crippen LogP contribution in [-0.4, -0.2) is 34.0 Å². The van der Waals surface area contributed by atoms with Gasteiger partial charge in [-0.15, -0.1) is 0 Å². The van der Waals surface area contributed by atoms with Gasteiger partial charge in [-0.05, 0) is 43.7 Å². The van der Waals surface area contributed by atoms with E-state index in [9.17, 15) is 9.18 Å². The zero-order chi connectivity index (χ0) is 16.7. The van der Waals surface area contributed by atoms with Gasteiger partial charge in [-0.1, -0.05) is 23.4 Å². The van der Waals surface area contributed by atoms with E-state index < -0.39 is 0 Å². The van der Waals surface area contributed by atoms with Crippen molar-refractivity contribution in [3.8, 4) is 0 Å². The average Bonchev–Trinajstić information content (AvgIpc) is 3.27. The number of hydrogen-bond donors (Lipinski definition) is 0. The highest BCUT2D eigenvalue weighted by molar-refractivity contribution is 5.83. The van der Waals surface area contributed by atoms with Gasteiger partial charge in [-0.3, -0.25) is 4.79 Å². The summed E-state index contributed by atoms with van der Waals surface area (Å²) in [4.78, 5) is 19.0. The smallest absolute Gasteiger partial charge is 0.231 e. The van der Waals surface area contributed by atoms with Crippen molar-refractivity contribution < 1.29 is 13.7 Å². The van der Waals surface area contributed by atoms with Crippen LogP contribution in [0, 0.1) is 18.7 Å². The number of benzene rings is 1. The topological polar surface area (TPSA) is 59.2 Å². The summed E-state index contributed by atoms with van der Waals surface area (Å²) in [6.45, 7) is 3.16. The van der Waals surface area contributed by atoms with E-state index in [2.05, 4.69) is 10.1 Å². The number of aryl methyl sites for hydroxylation is 1. The Morgan fingerprint density at radius 2 is 2.21 bits per heavy atom. The number of carbonyl (C=O) groups is 1. The van der Waals surface area contributed by atoms with Crippen LogP contribution in [0.15, 0.2) is 28.8 Å². The Hall–Kier alpha value is -2.24. The van der Waals surface area contributed by atoms with Gasteiger partial charge in [0.1, 0.15) is 5.82 Å². The van der Waals surface area contributed by atoms with Gasteiger partial charge in [0.15, 0.2) is 5.82 Å². The molecule has 2 fully saturated rings. The van der Waals surface area contributed by atoms with Crippen LogP contribution in [0.1, 0.15) is 48.4 Å². The Balaban J connectivity index is 1.43. The second-order valence-corrected chi connectivity index (χ2v) is 6.77. The van der Waals surface area contributed by atoms with Gasteiger partial charge in [-0.25, -0.2) is 4.39 Å². The van der Waals surface area contributed by atoms with Gasteiger partial charge in [0, 0.05) is 19.0 Å². The third-order valence-corrected chi connectivity index (χ3v) is 5.04. The number of amides is 1. The molecule has 3 atom stereocenters. The fourth-order valence-electron chi connectivity index (χ4n) is 3.68. The van der Waals surface area contributed by atoms with Gasteiger partial charge < -0.3 is 9.42 Å². The summed E-state index contributed by atoms with van der Waals surface area (Å²) in [5.41, 5.74) is 0.664. The minimum atomic E-state index is -0.212. The SMILES string of the molecule is Cc1noc([C@@H]2CCCN(C(=O)[C@@H]3C[C@H]3c3ccccc3F)C2)n1. The molecule has 0 unspecified atom stereocenters. The molecule has 1 aromatic carbocycles. The molecule has 2 heterocycles. The van der Waals surface area contributed by atoms with E-state index in [0.717, 1.165) is 25.8 Å². The lowest BCUT2D eigenvalue weighted by Gasteiger charge is -2.31. The van der Waals surface area contributed by atoms with Crippen molar-refractivity contribution in [2.75, 3.05) is 13.1 Å². The molecule has 4 rings (SSSR count). The second kappa shape index (κ2) is 6.00. The van der Waals surface area contributed by atoms with Crippen LogP contribution in [0.4, 0.5) is 4.39 Å². The van der Waals surface area contributed by atoms with E-state index in [0.29, 0.717) is 23.8 Å². The molecule has 5 nitrogen and oxygen atoms in total. The normalized spacial score (nSPS) is 26.4. The fourth-order valence-corrected chi connectivity index (χ4v) is 3.68. The van der Waals surface area contributed by atoms with Crippen LogP contribution < -0.4 is 0 Å². The van der Waals surface area contributed by atoms with Crippen LogP contribution in [0.5, 0.6) is 0 Å². The van der Waals surface area contributed by atoms with Crippen molar-refractivity contribution in [1.29, 1.82) is 0 Å². The molecule has 6 heteroatoms. The number of hydrogen-bond acceptors (Lipinski definition) is 4. The maximum absolute atomic E-state index is 13.9. The predicted molar refractivity (Wildman–Crippen MR) is 84.8 cm³/mol. The van der Waals surface area contributed by atoms with Gasteiger partial charge in [0.2, 0.25) is 11.8 Å². The molecule has 2 aromatic rings. The maximum Gasteiger partial charge on any atom is 0.231 e. The van der Waals surface area contributed by atoms with E-state index in [4.69, 9.17) is 4.52 Å².